The average molecular weight is 368 g/mol. The predicted molar refractivity (Wildman–Crippen MR) is 84.2 cm³/mol. The Morgan fingerprint density at radius 3 is 1.65 bits per heavy atom. The van der Waals surface area contributed by atoms with Gasteiger partial charge in [-0.3, -0.25) is 25.0 Å². The Labute approximate surface area is 144 Å². The van der Waals surface area contributed by atoms with Crippen molar-refractivity contribution in [3.8, 4) is 23.0 Å². The van der Waals surface area contributed by atoms with Gasteiger partial charge in [-0.25, -0.2) is 0 Å². The zero-order chi connectivity index (χ0) is 20.0. The maximum absolute atomic E-state index is 10.3. The van der Waals surface area contributed by atoms with E-state index in [0.29, 0.717) is 0 Å². The molecule has 12 heteroatoms. The monoisotopic (exact) mass is 368 g/mol. The minimum absolute atomic E-state index is 0.0414. The van der Waals surface area contributed by atoms with Crippen LogP contribution in [-0.2, 0) is 6.61 Å². The van der Waals surface area contributed by atoms with E-state index in [1.165, 1.54) is 0 Å². The molecule has 0 radical (unpaired) electrons. The summed E-state index contributed by atoms with van der Waals surface area (Å²) < 4.78 is 0. The molecule has 2 rings (SSSR count). The molecule has 2 aromatic carbocycles. The van der Waals surface area contributed by atoms with Crippen molar-refractivity contribution in [1.82, 2.24) is 0 Å². The van der Waals surface area contributed by atoms with Crippen molar-refractivity contribution in [1.29, 1.82) is 0 Å². The van der Waals surface area contributed by atoms with Crippen LogP contribution in [0.5, 0.6) is 23.0 Å². The van der Waals surface area contributed by atoms with Gasteiger partial charge in [-0.1, -0.05) is 0 Å². The van der Waals surface area contributed by atoms with E-state index in [0.717, 1.165) is 24.3 Å². The largest absolute Gasteiger partial charge is 0.504 e. The van der Waals surface area contributed by atoms with Crippen molar-refractivity contribution in [2.75, 3.05) is 0 Å². The molecule has 2 aromatic rings. The second-order valence-corrected chi connectivity index (χ2v) is 4.66. The quantitative estimate of drug-likeness (QED) is 0.226. The highest BCUT2D eigenvalue weighted by Crippen LogP contribution is 2.33. The zero-order valence-electron chi connectivity index (χ0n) is 12.8. The molecular weight excluding hydrogens is 356 g/mol. The van der Waals surface area contributed by atoms with Gasteiger partial charge in [-0.2, -0.15) is 0 Å². The number of carbonyl (C=O) groups excluding carboxylic acids is 1. The van der Waals surface area contributed by atoms with Gasteiger partial charge in [0.15, 0.2) is 29.3 Å². The molecule has 0 heterocycles. The fourth-order valence-electron chi connectivity index (χ4n) is 1.74. The molecule has 0 atom stereocenters. The Kier molecular flexibility index (Phi) is 6.38. The fraction of sp³-hybridized carbons (Fsp3) is 0.0714. The normalized spacial score (nSPS) is 9.73. The standard InChI is InChI=1S/C7H7NO5.C7H5NO5/c2*9-3-4-1-6(10)7(11)2-5(4)8(12)13/h1-2,9-11H,3H2;1-3,10-11H. The summed E-state index contributed by atoms with van der Waals surface area (Å²) in [5, 5.41) is 65.0. The molecule has 0 aliphatic heterocycles. The van der Waals surface area contributed by atoms with Gasteiger partial charge >= 0.3 is 0 Å². The lowest BCUT2D eigenvalue weighted by molar-refractivity contribution is -0.386. The number of nitro benzene ring substituents is 2. The number of phenols is 4. The molecule has 0 aromatic heterocycles. The lowest BCUT2D eigenvalue weighted by Gasteiger charge is -2.01. The van der Waals surface area contributed by atoms with Gasteiger partial charge in [0, 0.05) is 6.07 Å². The first kappa shape index (κ1) is 20.1. The van der Waals surface area contributed by atoms with Gasteiger partial charge in [0.05, 0.1) is 39.7 Å². The number of nitro groups is 2. The van der Waals surface area contributed by atoms with Crippen LogP contribution in [0.2, 0.25) is 0 Å². The maximum Gasteiger partial charge on any atom is 0.283 e. The number of carbonyl (C=O) groups is 1. The smallest absolute Gasteiger partial charge is 0.283 e. The first-order chi connectivity index (χ1) is 12.1. The summed E-state index contributed by atoms with van der Waals surface area (Å²) in [6, 6.07) is 3.30. The van der Waals surface area contributed by atoms with Crippen LogP contribution in [0.25, 0.3) is 0 Å². The van der Waals surface area contributed by atoms with E-state index < -0.39 is 50.8 Å². The number of rotatable bonds is 4. The number of aromatic hydroxyl groups is 4. The van der Waals surface area contributed by atoms with E-state index in [4.69, 9.17) is 25.5 Å². The van der Waals surface area contributed by atoms with Gasteiger partial charge in [0.2, 0.25) is 0 Å². The number of nitrogens with zero attached hydrogens (tertiary/aromatic N) is 2. The molecule has 0 unspecified atom stereocenters. The van der Waals surface area contributed by atoms with Crippen LogP contribution in [0, 0.1) is 20.2 Å². The Bertz CT molecular complexity index is 865. The molecule has 0 saturated carbocycles. The molecule has 0 amide bonds. The van der Waals surface area contributed by atoms with Crippen LogP contribution in [0.4, 0.5) is 11.4 Å². The SMILES string of the molecule is O=Cc1cc(O)c(O)cc1[N+](=O)[O-].O=[N+]([O-])c1cc(O)c(O)cc1CO. The van der Waals surface area contributed by atoms with E-state index in [9.17, 15) is 25.0 Å². The van der Waals surface area contributed by atoms with Crippen molar-refractivity contribution in [3.05, 3.63) is 55.6 Å². The van der Waals surface area contributed by atoms with E-state index >= 15 is 0 Å². The minimum Gasteiger partial charge on any atom is -0.504 e. The Morgan fingerprint density at radius 1 is 0.808 bits per heavy atom. The van der Waals surface area contributed by atoms with Crippen LogP contribution in [0.3, 0.4) is 0 Å². The van der Waals surface area contributed by atoms with Gasteiger partial charge in [0.25, 0.3) is 11.4 Å². The van der Waals surface area contributed by atoms with Crippen LogP contribution >= 0.6 is 0 Å². The molecule has 0 aliphatic rings. The third-order valence-electron chi connectivity index (χ3n) is 2.99. The molecule has 0 saturated heterocycles. The highest BCUT2D eigenvalue weighted by molar-refractivity contribution is 5.83. The summed E-state index contributed by atoms with van der Waals surface area (Å²) in [7, 11) is 0. The van der Waals surface area contributed by atoms with Crippen molar-refractivity contribution in [2.24, 2.45) is 0 Å². The third kappa shape index (κ3) is 4.55. The number of aliphatic hydroxyl groups excluding tert-OH is 1. The molecular formula is C14H12N2O10. The lowest BCUT2D eigenvalue weighted by atomic mass is 10.1. The van der Waals surface area contributed by atoms with E-state index in [1.807, 2.05) is 0 Å². The van der Waals surface area contributed by atoms with Crippen molar-refractivity contribution in [2.45, 2.75) is 6.61 Å². The van der Waals surface area contributed by atoms with E-state index in [1.54, 1.807) is 0 Å². The average Bonchev–Trinajstić information content (AvgIpc) is 2.59. The van der Waals surface area contributed by atoms with Gasteiger partial charge in [0.1, 0.15) is 0 Å². The summed E-state index contributed by atoms with van der Waals surface area (Å²) in [6.07, 6.45) is 0.233. The third-order valence-corrected chi connectivity index (χ3v) is 2.99. The van der Waals surface area contributed by atoms with Crippen molar-refractivity contribution < 1.29 is 40.2 Å². The number of hydrogen-bond donors (Lipinski definition) is 5. The highest BCUT2D eigenvalue weighted by atomic mass is 16.6. The molecule has 26 heavy (non-hydrogen) atoms. The Balaban J connectivity index is 0.000000260. The number of aliphatic hydroxyl groups is 1. The molecule has 0 aliphatic carbocycles. The van der Waals surface area contributed by atoms with Crippen molar-refractivity contribution in [3.63, 3.8) is 0 Å². The summed E-state index contributed by atoms with van der Waals surface area (Å²) in [5.74, 6) is -2.26. The van der Waals surface area contributed by atoms with Crippen LogP contribution < -0.4 is 0 Å². The summed E-state index contributed by atoms with van der Waals surface area (Å²) in [5.41, 5.74) is -1.27. The Morgan fingerprint density at radius 2 is 1.23 bits per heavy atom. The van der Waals surface area contributed by atoms with Crippen molar-refractivity contribution >= 4 is 17.7 Å². The molecule has 0 fully saturated rings. The summed E-state index contributed by atoms with van der Waals surface area (Å²) >= 11 is 0. The first-order valence-electron chi connectivity index (χ1n) is 6.58. The summed E-state index contributed by atoms with van der Waals surface area (Å²) in [6.45, 7) is -0.565. The van der Waals surface area contributed by atoms with Crippen LogP contribution in [0.15, 0.2) is 24.3 Å². The van der Waals surface area contributed by atoms with Gasteiger partial charge in [-0.15, -0.1) is 0 Å². The first-order valence-corrected chi connectivity index (χ1v) is 6.58. The second-order valence-electron chi connectivity index (χ2n) is 4.66. The molecule has 0 spiro atoms. The maximum atomic E-state index is 10.3. The van der Waals surface area contributed by atoms with Crippen LogP contribution in [0.1, 0.15) is 15.9 Å². The number of benzene rings is 2. The molecule has 12 nitrogen and oxygen atoms in total. The van der Waals surface area contributed by atoms with Crippen LogP contribution in [-0.4, -0.2) is 41.7 Å². The highest BCUT2D eigenvalue weighted by Gasteiger charge is 2.17. The molecule has 5 N–H and O–H groups in total. The van der Waals surface area contributed by atoms with Gasteiger partial charge < -0.3 is 25.5 Å². The van der Waals surface area contributed by atoms with Gasteiger partial charge in [-0.05, 0) is 6.07 Å². The lowest BCUT2D eigenvalue weighted by Crippen LogP contribution is -1.94. The fourth-order valence-corrected chi connectivity index (χ4v) is 1.74. The number of phenolic OH excluding ortho intramolecular Hbond substituents is 4. The number of hydrogen-bond acceptors (Lipinski definition) is 10. The minimum atomic E-state index is -0.817. The zero-order valence-corrected chi connectivity index (χ0v) is 12.8. The molecule has 138 valence electrons. The topological polar surface area (TPSA) is 204 Å². The summed E-state index contributed by atoms with van der Waals surface area (Å²) in [4.78, 5) is 29.4. The van der Waals surface area contributed by atoms with E-state index in [2.05, 4.69) is 0 Å². The Hall–Kier alpha value is -3.93. The molecule has 0 bridgehead atoms. The second kappa shape index (κ2) is 8.25. The number of aldehydes is 1. The van der Waals surface area contributed by atoms with E-state index in [-0.39, 0.29) is 17.4 Å². The predicted octanol–water partition coefficient (Wildman–Crippen LogP) is 1.32.